The number of allylic oxidation sites excluding steroid dienone is 1. The van der Waals surface area contributed by atoms with Gasteiger partial charge in [0, 0.05) is 107 Å². The van der Waals surface area contributed by atoms with Gasteiger partial charge in [0.25, 0.3) is 5.91 Å². The third-order valence-electron chi connectivity index (χ3n) is 7.91. The predicted octanol–water partition coefficient (Wildman–Crippen LogP) is 6.34. The van der Waals surface area contributed by atoms with E-state index in [9.17, 15) is 4.79 Å². The van der Waals surface area contributed by atoms with Gasteiger partial charge in [-0.05, 0) is 100 Å². The molecule has 10 heteroatoms. The summed E-state index contributed by atoms with van der Waals surface area (Å²) >= 11 is 4.64. The molecule has 236 valence electrons. The SMILES string of the molecule is CCCC=CC(Oc1cc2c(c3c1=CCCC=3C)CCN2C(=O)c1cc2cc(OCCN(C)C)ccc2[nH]1)C(C)=P.CCl.[Y].[Y]. The van der Waals surface area contributed by atoms with Gasteiger partial charge in [-0.2, -0.15) is 0 Å². The summed E-state index contributed by atoms with van der Waals surface area (Å²) in [4.78, 5) is 21.3. The second-order valence-corrected chi connectivity index (χ2v) is 12.2. The number of rotatable bonds is 11. The molecule has 2 aliphatic rings. The van der Waals surface area contributed by atoms with Crippen molar-refractivity contribution in [2.24, 2.45) is 0 Å². The Hall–Kier alpha value is -0.842. The molecule has 0 spiro atoms. The number of unbranched alkanes of at least 4 members (excludes halogenated alkanes) is 1. The zero-order valence-electron chi connectivity index (χ0n) is 27.5. The summed E-state index contributed by atoms with van der Waals surface area (Å²) < 4.78 is 12.6. The number of carbonyl (C=O) groups is 1. The van der Waals surface area contributed by atoms with Crippen LogP contribution < -0.4 is 24.8 Å². The van der Waals surface area contributed by atoms with Crippen LogP contribution in [0.5, 0.6) is 11.5 Å². The molecule has 0 fully saturated rings. The standard InChI is InChI=1S/C34H42N3O3P.CH3Cl.2Y/c1-6-7-8-12-31(23(3)41)40-32-21-30-26(33-22(2)10-9-11-27(32)33)15-16-37(30)34(38)29-20-24-19-25(13-14-28(24)35-29)39-18-17-36(4)5;1-2;;/h8,11-14,19-21,31,35,41H,6-7,9-10,15-18H2,1-5H3;1H3;;. The molecule has 3 aromatic rings. The van der Waals surface area contributed by atoms with E-state index in [1.807, 2.05) is 50.2 Å². The fourth-order valence-corrected chi connectivity index (χ4v) is 5.86. The Kier molecular flexibility index (Phi) is 17.2. The third-order valence-corrected chi connectivity index (χ3v) is 8.19. The van der Waals surface area contributed by atoms with Crippen LogP contribution in [0.3, 0.4) is 0 Å². The molecule has 6 nitrogen and oxygen atoms in total. The molecule has 1 aromatic heterocycles. The number of halogens is 1. The number of anilines is 1. The molecular formula is C35H45ClN3O3PY2. The first-order chi connectivity index (χ1) is 20.8. The van der Waals surface area contributed by atoms with Crippen LogP contribution >= 0.6 is 20.5 Å². The zero-order valence-corrected chi connectivity index (χ0v) is 34.9. The molecule has 1 unspecified atom stereocenters. The molecular weight excluding hydrogens is 755 g/mol. The molecule has 1 amide bonds. The Morgan fingerprint density at radius 3 is 2.62 bits per heavy atom. The maximum absolute atomic E-state index is 14.0. The van der Waals surface area contributed by atoms with Crippen LogP contribution in [0.25, 0.3) is 22.6 Å². The molecule has 0 bridgehead atoms. The largest absolute Gasteiger partial charge is 0.492 e. The smallest absolute Gasteiger partial charge is 0.274 e. The van der Waals surface area contributed by atoms with E-state index in [0.29, 0.717) is 18.8 Å². The average Bonchev–Trinajstić information content (AvgIpc) is 3.61. The summed E-state index contributed by atoms with van der Waals surface area (Å²) in [5, 5.41) is 4.40. The van der Waals surface area contributed by atoms with Gasteiger partial charge < -0.3 is 24.3 Å². The van der Waals surface area contributed by atoms with Crippen molar-refractivity contribution in [3.8, 4) is 11.5 Å². The fourth-order valence-electron chi connectivity index (χ4n) is 5.70. The van der Waals surface area contributed by atoms with E-state index < -0.39 is 0 Å². The van der Waals surface area contributed by atoms with Crippen LogP contribution in [0.15, 0.2) is 42.5 Å². The van der Waals surface area contributed by atoms with Gasteiger partial charge >= 0.3 is 0 Å². The maximum Gasteiger partial charge on any atom is 0.274 e. The van der Waals surface area contributed by atoms with Gasteiger partial charge in [0.2, 0.25) is 0 Å². The first-order valence-corrected chi connectivity index (χ1v) is 16.4. The molecule has 2 radical (unpaired) electrons. The molecule has 2 heterocycles. The van der Waals surface area contributed by atoms with Gasteiger partial charge in [0.1, 0.15) is 29.9 Å². The number of hydrogen-bond acceptors (Lipinski definition) is 4. The summed E-state index contributed by atoms with van der Waals surface area (Å²) in [6, 6.07) is 9.96. The van der Waals surface area contributed by atoms with Crippen molar-refractivity contribution in [1.82, 2.24) is 9.88 Å². The number of ether oxygens (including phenoxy) is 2. The van der Waals surface area contributed by atoms with Crippen LogP contribution in [-0.4, -0.2) is 67.4 Å². The number of alkyl halides is 1. The second-order valence-electron chi connectivity index (χ2n) is 11.4. The van der Waals surface area contributed by atoms with Crippen LogP contribution in [0.4, 0.5) is 5.69 Å². The number of likely N-dealkylation sites (N-methyl/N-ethyl adjacent to an activating group) is 1. The Morgan fingerprint density at radius 1 is 1.18 bits per heavy atom. The van der Waals surface area contributed by atoms with Crippen LogP contribution in [0.2, 0.25) is 0 Å². The maximum atomic E-state index is 14.0. The first-order valence-electron chi connectivity index (χ1n) is 15.1. The van der Waals surface area contributed by atoms with E-state index in [1.54, 1.807) is 0 Å². The molecule has 1 atom stereocenters. The minimum atomic E-state index is -0.190. The summed E-state index contributed by atoms with van der Waals surface area (Å²) in [7, 11) is 7.79. The normalized spacial score (nSPS) is 14.0. The molecule has 1 aliphatic heterocycles. The Bertz CT molecular complexity index is 1640. The number of carbonyl (C=O) groups excluding carboxylic acids is 1. The zero-order chi connectivity index (χ0) is 31.1. The first kappa shape index (κ1) is 40.3. The number of hydrogen-bond donors (Lipinski definition) is 1. The van der Waals surface area contributed by atoms with Crippen LogP contribution in [0, 0.1) is 0 Å². The van der Waals surface area contributed by atoms with Crippen molar-refractivity contribution >= 4 is 59.9 Å². The van der Waals surface area contributed by atoms with Crippen molar-refractivity contribution in [2.75, 3.05) is 45.1 Å². The molecule has 1 N–H and O–H groups in total. The number of nitrogens with one attached hydrogen (secondary N) is 1. The van der Waals surface area contributed by atoms with Crippen molar-refractivity contribution in [3.05, 3.63) is 64.2 Å². The number of aromatic amines is 1. The van der Waals surface area contributed by atoms with Gasteiger partial charge in [-0.1, -0.05) is 31.1 Å². The second kappa shape index (κ2) is 19.2. The number of fused-ring (bicyclic) bond motifs is 4. The van der Waals surface area contributed by atoms with E-state index in [4.69, 9.17) is 9.47 Å². The van der Waals surface area contributed by atoms with Gasteiger partial charge in [-0.15, -0.1) is 20.5 Å². The van der Waals surface area contributed by atoms with Crippen LogP contribution in [-0.2, 0) is 71.8 Å². The molecule has 0 saturated carbocycles. The number of benzene rings is 2. The molecule has 1 aliphatic carbocycles. The molecule has 45 heavy (non-hydrogen) atoms. The topological polar surface area (TPSA) is 57.8 Å². The Labute approximate surface area is 326 Å². The van der Waals surface area contributed by atoms with Gasteiger partial charge in [-0.3, -0.25) is 4.79 Å². The van der Waals surface area contributed by atoms with Crippen molar-refractivity contribution < 1.29 is 79.7 Å². The average molecular weight is 800 g/mol. The fraction of sp³-hybridized carbons (Fsp3) is 0.429. The van der Waals surface area contributed by atoms with Gasteiger partial charge in [0.15, 0.2) is 0 Å². The minimum Gasteiger partial charge on any atom is -0.492 e. The number of amides is 1. The van der Waals surface area contributed by atoms with E-state index in [2.05, 4.69) is 68.5 Å². The van der Waals surface area contributed by atoms with E-state index in [0.717, 1.165) is 77.3 Å². The summed E-state index contributed by atoms with van der Waals surface area (Å²) in [5.74, 6) is 1.61. The number of nitrogens with zero attached hydrogens (tertiary/aromatic N) is 2. The van der Waals surface area contributed by atoms with E-state index >= 15 is 0 Å². The molecule has 5 rings (SSSR count). The summed E-state index contributed by atoms with van der Waals surface area (Å²) in [5.41, 5.74) is 5.07. The molecule has 2 aromatic carbocycles. The third kappa shape index (κ3) is 9.85. The Balaban J connectivity index is 0.00000173. The summed E-state index contributed by atoms with van der Waals surface area (Å²) in [6.07, 6.45) is 12.9. The quantitative estimate of drug-likeness (QED) is 0.140. The minimum absolute atomic E-state index is 0. The van der Waals surface area contributed by atoms with Gasteiger partial charge in [0.05, 0.1) is 5.69 Å². The monoisotopic (exact) mass is 799 g/mol. The van der Waals surface area contributed by atoms with Crippen molar-refractivity contribution in [1.29, 1.82) is 0 Å². The summed E-state index contributed by atoms with van der Waals surface area (Å²) in [6.45, 7) is 8.53. The number of aromatic nitrogens is 1. The molecule has 0 saturated heterocycles. The van der Waals surface area contributed by atoms with E-state index in [1.165, 1.54) is 22.7 Å². The van der Waals surface area contributed by atoms with Crippen molar-refractivity contribution in [2.45, 2.75) is 59.0 Å². The van der Waals surface area contributed by atoms with Gasteiger partial charge in [-0.25, -0.2) is 0 Å². The predicted molar refractivity (Wildman–Crippen MR) is 185 cm³/mol. The Morgan fingerprint density at radius 2 is 1.93 bits per heavy atom. The van der Waals surface area contributed by atoms with E-state index in [-0.39, 0.29) is 77.4 Å². The van der Waals surface area contributed by atoms with Crippen molar-refractivity contribution in [3.63, 3.8) is 0 Å². The van der Waals surface area contributed by atoms with Crippen LogP contribution in [0.1, 0.15) is 62.5 Å². The number of H-pyrrole nitrogens is 1.